The fourth-order valence-corrected chi connectivity index (χ4v) is 5.06. The first kappa shape index (κ1) is 16.8. The highest BCUT2D eigenvalue weighted by Crippen LogP contribution is 2.38. The van der Waals surface area contributed by atoms with Gasteiger partial charge >= 0.3 is 6.03 Å². The first-order valence-corrected chi connectivity index (χ1v) is 10.4. The number of nitrogens with zero attached hydrogens (tertiary/aromatic N) is 2. The van der Waals surface area contributed by atoms with Crippen molar-refractivity contribution in [2.24, 2.45) is 11.8 Å². The van der Waals surface area contributed by atoms with Crippen LogP contribution in [0.5, 0.6) is 0 Å². The zero-order valence-electron chi connectivity index (χ0n) is 14.6. The van der Waals surface area contributed by atoms with Gasteiger partial charge in [-0.1, -0.05) is 0 Å². The van der Waals surface area contributed by atoms with Crippen LogP contribution in [0.15, 0.2) is 29.2 Å². The standard InChI is InChI=1S/C19H25N3O2S/c1-25-16-7-5-15(6-8-16)20-19(24)21-10-13-9-14(12-21)17-3-2-4-18(23)22(17)11-13/h5-8,13-14,17H,2-4,9-12H2,1H3,(H,20,24)/t13?,14?,17-/m0/s1. The molecule has 0 aliphatic carbocycles. The van der Waals surface area contributed by atoms with E-state index in [1.54, 1.807) is 11.8 Å². The van der Waals surface area contributed by atoms with Gasteiger partial charge in [-0.2, -0.15) is 0 Å². The number of fused-ring (bicyclic) bond motifs is 4. The second-order valence-electron chi connectivity index (χ2n) is 7.43. The summed E-state index contributed by atoms with van der Waals surface area (Å²) in [6.07, 6.45) is 5.98. The Balaban J connectivity index is 1.42. The molecule has 1 N–H and O–H groups in total. The number of carbonyl (C=O) groups excluding carboxylic acids is 2. The normalized spacial score (nSPS) is 28.5. The summed E-state index contributed by atoms with van der Waals surface area (Å²) >= 11 is 1.69. The van der Waals surface area contributed by atoms with Gasteiger partial charge in [-0.15, -0.1) is 11.8 Å². The summed E-state index contributed by atoms with van der Waals surface area (Å²) in [6, 6.07) is 8.29. The number of rotatable bonds is 2. The second kappa shape index (κ2) is 6.90. The molecule has 3 amide bonds. The highest BCUT2D eigenvalue weighted by Gasteiger charge is 2.44. The van der Waals surface area contributed by atoms with Crippen LogP contribution < -0.4 is 5.32 Å². The van der Waals surface area contributed by atoms with Crippen LogP contribution in [0.2, 0.25) is 0 Å². The predicted molar refractivity (Wildman–Crippen MR) is 99.8 cm³/mol. The number of urea groups is 1. The Hall–Kier alpha value is -1.69. The number of hydrogen-bond acceptors (Lipinski definition) is 3. The number of carbonyl (C=O) groups is 2. The van der Waals surface area contributed by atoms with Crippen molar-refractivity contribution in [2.45, 2.75) is 36.6 Å². The van der Waals surface area contributed by atoms with E-state index < -0.39 is 0 Å². The topological polar surface area (TPSA) is 52.7 Å². The van der Waals surface area contributed by atoms with Crippen molar-refractivity contribution < 1.29 is 9.59 Å². The number of anilines is 1. The molecule has 3 atom stereocenters. The van der Waals surface area contributed by atoms with Gasteiger partial charge < -0.3 is 15.1 Å². The molecule has 0 aromatic heterocycles. The lowest BCUT2D eigenvalue weighted by atomic mass is 9.76. The average Bonchev–Trinajstić information content (AvgIpc) is 2.63. The summed E-state index contributed by atoms with van der Waals surface area (Å²) in [7, 11) is 0. The molecule has 2 bridgehead atoms. The maximum atomic E-state index is 12.7. The predicted octanol–water partition coefficient (Wildman–Crippen LogP) is 3.27. The Labute approximate surface area is 153 Å². The minimum atomic E-state index is -0.0119. The molecule has 25 heavy (non-hydrogen) atoms. The van der Waals surface area contributed by atoms with E-state index in [1.165, 1.54) is 4.90 Å². The maximum absolute atomic E-state index is 12.7. The van der Waals surface area contributed by atoms with E-state index in [0.29, 0.717) is 30.2 Å². The van der Waals surface area contributed by atoms with E-state index in [4.69, 9.17) is 0 Å². The lowest BCUT2D eigenvalue weighted by Gasteiger charge is -2.52. The monoisotopic (exact) mass is 359 g/mol. The lowest BCUT2D eigenvalue weighted by molar-refractivity contribution is -0.144. The van der Waals surface area contributed by atoms with Crippen molar-refractivity contribution in [2.75, 3.05) is 31.2 Å². The second-order valence-corrected chi connectivity index (χ2v) is 8.31. The van der Waals surface area contributed by atoms with Gasteiger partial charge in [0.25, 0.3) is 0 Å². The summed E-state index contributed by atoms with van der Waals surface area (Å²) in [5, 5.41) is 3.03. The number of amides is 3. The molecule has 3 saturated heterocycles. The van der Waals surface area contributed by atoms with Gasteiger partial charge in [-0.25, -0.2) is 4.79 Å². The quantitative estimate of drug-likeness (QED) is 0.825. The largest absolute Gasteiger partial charge is 0.339 e. The zero-order chi connectivity index (χ0) is 17.4. The summed E-state index contributed by atoms with van der Waals surface area (Å²) in [6.45, 7) is 2.34. The van der Waals surface area contributed by atoms with E-state index >= 15 is 0 Å². The molecule has 3 fully saturated rings. The van der Waals surface area contributed by atoms with Gasteiger partial charge in [-0.3, -0.25) is 4.79 Å². The number of likely N-dealkylation sites (tertiary alicyclic amines) is 1. The van der Waals surface area contributed by atoms with Crippen LogP contribution >= 0.6 is 11.8 Å². The average molecular weight is 359 g/mol. The van der Waals surface area contributed by atoms with Crippen LogP contribution in [-0.2, 0) is 4.79 Å². The lowest BCUT2D eigenvalue weighted by Crippen LogP contribution is -2.61. The molecule has 0 radical (unpaired) electrons. The van der Waals surface area contributed by atoms with Crippen LogP contribution in [0, 0.1) is 11.8 Å². The number of hydrogen-bond donors (Lipinski definition) is 1. The Morgan fingerprint density at radius 2 is 2.00 bits per heavy atom. The molecule has 2 unspecified atom stereocenters. The number of thioether (sulfide) groups is 1. The molecule has 3 heterocycles. The van der Waals surface area contributed by atoms with E-state index in [9.17, 15) is 9.59 Å². The van der Waals surface area contributed by atoms with Gasteiger partial charge in [0.15, 0.2) is 0 Å². The molecular weight excluding hydrogens is 334 g/mol. The molecule has 1 aromatic carbocycles. The summed E-state index contributed by atoms with van der Waals surface area (Å²) in [4.78, 5) is 30.2. The van der Waals surface area contributed by atoms with Gasteiger partial charge in [0, 0.05) is 42.7 Å². The van der Waals surface area contributed by atoms with Crippen LogP contribution in [-0.4, -0.2) is 53.7 Å². The first-order valence-electron chi connectivity index (χ1n) is 9.13. The molecule has 3 aliphatic rings. The fraction of sp³-hybridized carbons (Fsp3) is 0.579. The van der Waals surface area contributed by atoms with Crippen molar-refractivity contribution in [3.63, 3.8) is 0 Å². The number of nitrogens with one attached hydrogen (secondary N) is 1. The van der Waals surface area contributed by atoms with E-state index in [-0.39, 0.29) is 6.03 Å². The fourth-order valence-electron chi connectivity index (χ4n) is 4.65. The van der Waals surface area contributed by atoms with Gasteiger partial charge in [0.1, 0.15) is 0 Å². The van der Waals surface area contributed by atoms with Gasteiger partial charge in [0.05, 0.1) is 0 Å². The van der Waals surface area contributed by atoms with E-state index in [1.807, 2.05) is 35.4 Å². The van der Waals surface area contributed by atoms with Crippen LogP contribution in [0.25, 0.3) is 0 Å². The minimum absolute atomic E-state index is 0.0119. The van der Waals surface area contributed by atoms with Gasteiger partial charge in [-0.05, 0) is 61.6 Å². The van der Waals surface area contributed by atoms with Crippen LogP contribution in [0.3, 0.4) is 0 Å². The third-order valence-electron chi connectivity index (χ3n) is 5.81. The Morgan fingerprint density at radius 1 is 1.20 bits per heavy atom. The molecule has 6 heteroatoms. The van der Waals surface area contributed by atoms with Crippen LogP contribution in [0.1, 0.15) is 25.7 Å². The number of piperidine rings is 3. The van der Waals surface area contributed by atoms with E-state index in [2.05, 4.69) is 10.2 Å². The molecule has 4 rings (SSSR count). The Kier molecular flexibility index (Phi) is 4.63. The Bertz CT molecular complexity index is 663. The third kappa shape index (κ3) is 3.36. The van der Waals surface area contributed by atoms with Crippen molar-refractivity contribution in [3.05, 3.63) is 24.3 Å². The SMILES string of the molecule is CSc1ccc(NC(=O)N2CC3CC(C2)[C@@H]2CCCC(=O)N2C3)cc1. The molecule has 5 nitrogen and oxygen atoms in total. The van der Waals surface area contributed by atoms with Crippen molar-refractivity contribution >= 4 is 29.4 Å². The van der Waals surface area contributed by atoms with Crippen molar-refractivity contribution in [3.8, 4) is 0 Å². The van der Waals surface area contributed by atoms with E-state index in [0.717, 1.165) is 44.6 Å². The molecule has 1 aromatic rings. The summed E-state index contributed by atoms with van der Waals surface area (Å²) in [5.74, 6) is 1.17. The molecule has 134 valence electrons. The molecular formula is C19H25N3O2S. The highest BCUT2D eigenvalue weighted by atomic mass is 32.2. The van der Waals surface area contributed by atoms with Gasteiger partial charge in [0.2, 0.25) is 5.91 Å². The maximum Gasteiger partial charge on any atom is 0.321 e. The van der Waals surface area contributed by atoms with Crippen molar-refractivity contribution in [1.29, 1.82) is 0 Å². The molecule has 3 aliphatic heterocycles. The smallest absolute Gasteiger partial charge is 0.321 e. The Morgan fingerprint density at radius 3 is 2.76 bits per heavy atom. The first-order chi connectivity index (χ1) is 12.1. The third-order valence-corrected chi connectivity index (χ3v) is 6.55. The summed E-state index contributed by atoms with van der Waals surface area (Å²) in [5.41, 5.74) is 0.841. The van der Waals surface area contributed by atoms with Crippen LogP contribution in [0.4, 0.5) is 10.5 Å². The minimum Gasteiger partial charge on any atom is -0.339 e. The number of benzene rings is 1. The van der Waals surface area contributed by atoms with Crippen molar-refractivity contribution in [1.82, 2.24) is 9.80 Å². The highest BCUT2D eigenvalue weighted by molar-refractivity contribution is 7.98. The molecule has 0 spiro atoms. The molecule has 0 saturated carbocycles. The summed E-state index contributed by atoms with van der Waals surface area (Å²) < 4.78 is 0. The zero-order valence-corrected chi connectivity index (χ0v) is 15.4.